The van der Waals surface area contributed by atoms with Gasteiger partial charge in [0, 0.05) is 42.8 Å². The van der Waals surface area contributed by atoms with Crippen LogP contribution in [0.2, 0.25) is 0 Å². The van der Waals surface area contributed by atoms with Gasteiger partial charge in [0.25, 0.3) is 5.91 Å². The molecular weight excluding hydrogens is 394 g/mol. The van der Waals surface area contributed by atoms with Crippen molar-refractivity contribution in [1.29, 1.82) is 0 Å². The van der Waals surface area contributed by atoms with Crippen molar-refractivity contribution in [2.75, 3.05) is 26.5 Å². The summed E-state index contributed by atoms with van der Waals surface area (Å²) in [6.45, 7) is 2.32. The molecule has 1 aliphatic rings. The van der Waals surface area contributed by atoms with Crippen molar-refractivity contribution in [3.63, 3.8) is 0 Å². The third-order valence-corrected chi connectivity index (χ3v) is 6.54. The summed E-state index contributed by atoms with van der Waals surface area (Å²) < 4.78 is 7.48. The van der Waals surface area contributed by atoms with E-state index in [-0.39, 0.29) is 5.91 Å². The van der Waals surface area contributed by atoms with Crippen molar-refractivity contribution < 1.29 is 9.53 Å². The molecule has 0 N–H and O–H groups in total. The Labute approximate surface area is 182 Å². The molecule has 5 nitrogen and oxygen atoms in total. The van der Waals surface area contributed by atoms with Gasteiger partial charge in [-0.3, -0.25) is 4.79 Å². The Kier molecular flexibility index (Phi) is 6.43. The zero-order valence-electron chi connectivity index (χ0n) is 17.5. The number of hydrogen-bond donors (Lipinski definition) is 0. The van der Waals surface area contributed by atoms with Crippen molar-refractivity contribution in [1.82, 2.24) is 14.5 Å². The van der Waals surface area contributed by atoms with E-state index in [1.165, 1.54) is 5.56 Å². The number of amides is 1. The van der Waals surface area contributed by atoms with Crippen LogP contribution in [0, 0.1) is 0 Å². The lowest BCUT2D eigenvalue weighted by Crippen LogP contribution is -2.38. The third kappa shape index (κ3) is 4.38. The van der Waals surface area contributed by atoms with Crippen LogP contribution < -0.4 is 4.74 Å². The fourth-order valence-electron chi connectivity index (χ4n) is 4.07. The fourth-order valence-corrected chi connectivity index (χ4v) is 4.66. The zero-order valence-corrected chi connectivity index (χ0v) is 18.3. The molecule has 156 valence electrons. The summed E-state index contributed by atoms with van der Waals surface area (Å²) >= 11 is 1.62. The van der Waals surface area contributed by atoms with E-state index >= 15 is 0 Å². The summed E-state index contributed by atoms with van der Waals surface area (Å²) in [7, 11) is 1.68. The number of methoxy groups -OCH3 is 1. The third-order valence-electron chi connectivity index (χ3n) is 5.74. The molecule has 4 rings (SSSR count). The van der Waals surface area contributed by atoms with E-state index < -0.39 is 0 Å². The Balaban J connectivity index is 1.41. The quantitative estimate of drug-likeness (QED) is 0.542. The number of imidazole rings is 1. The summed E-state index contributed by atoms with van der Waals surface area (Å²) in [4.78, 5) is 20.7. The van der Waals surface area contributed by atoms with E-state index in [4.69, 9.17) is 4.74 Å². The summed E-state index contributed by atoms with van der Waals surface area (Å²) in [5.74, 6) is 2.49. The number of rotatable bonds is 6. The van der Waals surface area contributed by atoms with Crippen molar-refractivity contribution in [2.24, 2.45) is 0 Å². The molecule has 0 saturated carbocycles. The van der Waals surface area contributed by atoms with Crippen LogP contribution in [0.1, 0.15) is 40.5 Å². The maximum absolute atomic E-state index is 13.0. The fraction of sp³-hybridized carbons (Fsp3) is 0.333. The smallest absolute Gasteiger partial charge is 0.254 e. The lowest BCUT2D eigenvalue weighted by molar-refractivity contribution is 0.0707. The summed E-state index contributed by atoms with van der Waals surface area (Å²) in [6, 6.07) is 16.0. The number of ether oxygens (including phenoxy) is 1. The number of thioether (sulfide) groups is 1. The minimum Gasteiger partial charge on any atom is -0.497 e. The predicted molar refractivity (Wildman–Crippen MR) is 120 cm³/mol. The van der Waals surface area contributed by atoms with Crippen LogP contribution in [0.4, 0.5) is 0 Å². The van der Waals surface area contributed by atoms with Gasteiger partial charge in [-0.05, 0) is 48.9 Å². The van der Waals surface area contributed by atoms with Crippen LogP contribution in [0.15, 0.2) is 65.8 Å². The van der Waals surface area contributed by atoms with E-state index in [9.17, 15) is 4.79 Å². The highest BCUT2D eigenvalue weighted by Gasteiger charge is 2.27. The lowest BCUT2D eigenvalue weighted by Gasteiger charge is -2.32. The molecule has 0 bridgehead atoms. The average Bonchev–Trinajstić information content (AvgIpc) is 3.27. The molecule has 1 aliphatic heterocycles. The maximum Gasteiger partial charge on any atom is 0.254 e. The van der Waals surface area contributed by atoms with Crippen molar-refractivity contribution >= 4 is 17.7 Å². The van der Waals surface area contributed by atoms with Crippen LogP contribution in [0.5, 0.6) is 5.75 Å². The predicted octanol–water partition coefficient (Wildman–Crippen LogP) is 4.68. The van der Waals surface area contributed by atoms with Crippen LogP contribution >= 0.6 is 11.8 Å². The summed E-state index contributed by atoms with van der Waals surface area (Å²) in [6.07, 6.45) is 7.82. The van der Waals surface area contributed by atoms with Crippen LogP contribution in [-0.4, -0.2) is 46.8 Å². The van der Waals surface area contributed by atoms with Gasteiger partial charge >= 0.3 is 0 Å². The molecule has 0 aliphatic carbocycles. The number of carbonyl (C=O) groups is 1. The number of carbonyl (C=O) groups excluding carboxylic acids is 1. The number of benzene rings is 2. The monoisotopic (exact) mass is 421 g/mol. The summed E-state index contributed by atoms with van der Waals surface area (Å²) in [5.41, 5.74) is 2.03. The highest BCUT2D eigenvalue weighted by Crippen LogP contribution is 2.29. The standard InChI is InChI=1S/C24H27N3O2S/c1-29-20-9-7-18(8-10-20)17-27-16-13-25-23(27)19-11-14-26(15-12-19)24(28)21-5-3-4-6-22(21)30-2/h3-10,13,16,19H,11-12,14-15,17H2,1-2H3. The van der Waals surface area contributed by atoms with Gasteiger partial charge in [-0.1, -0.05) is 24.3 Å². The second kappa shape index (κ2) is 9.39. The van der Waals surface area contributed by atoms with Gasteiger partial charge in [-0.25, -0.2) is 4.98 Å². The van der Waals surface area contributed by atoms with E-state index in [0.29, 0.717) is 5.92 Å². The molecule has 1 fully saturated rings. The van der Waals surface area contributed by atoms with Gasteiger partial charge in [0.05, 0.1) is 12.7 Å². The SMILES string of the molecule is COc1ccc(Cn2ccnc2C2CCN(C(=O)c3ccccc3SC)CC2)cc1. The Morgan fingerprint density at radius 3 is 2.57 bits per heavy atom. The first-order chi connectivity index (χ1) is 14.7. The Hall–Kier alpha value is -2.73. The number of hydrogen-bond acceptors (Lipinski definition) is 4. The molecule has 0 atom stereocenters. The molecule has 2 aromatic carbocycles. The van der Waals surface area contributed by atoms with Gasteiger partial charge in [-0.15, -0.1) is 11.8 Å². The topological polar surface area (TPSA) is 47.4 Å². The first-order valence-corrected chi connectivity index (χ1v) is 11.5. The molecule has 6 heteroatoms. The molecule has 1 amide bonds. The number of nitrogens with zero attached hydrogens (tertiary/aromatic N) is 3. The first-order valence-electron chi connectivity index (χ1n) is 10.3. The number of likely N-dealkylation sites (tertiary alicyclic amines) is 1. The Morgan fingerprint density at radius 2 is 1.87 bits per heavy atom. The normalized spacial score (nSPS) is 14.7. The van der Waals surface area contributed by atoms with E-state index in [2.05, 4.69) is 21.7 Å². The molecule has 0 spiro atoms. The van der Waals surface area contributed by atoms with Crippen molar-refractivity contribution in [3.05, 3.63) is 77.9 Å². The summed E-state index contributed by atoms with van der Waals surface area (Å²) in [5, 5.41) is 0. The lowest BCUT2D eigenvalue weighted by atomic mass is 9.95. The van der Waals surface area contributed by atoms with Gasteiger partial charge in [0.1, 0.15) is 11.6 Å². The van der Waals surface area contributed by atoms with Crippen molar-refractivity contribution in [2.45, 2.75) is 30.2 Å². The average molecular weight is 422 g/mol. The second-order valence-corrected chi connectivity index (χ2v) is 8.38. The molecular formula is C24H27N3O2S. The van der Waals surface area contributed by atoms with Crippen LogP contribution in [-0.2, 0) is 6.54 Å². The van der Waals surface area contributed by atoms with Gasteiger partial charge in [-0.2, -0.15) is 0 Å². The first kappa shape index (κ1) is 20.5. The van der Waals surface area contributed by atoms with Crippen LogP contribution in [0.3, 0.4) is 0 Å². The largest absolute Gasteiger partial charge is 0.497 e. The minimum absolute atomic E-state index is 0.139. The van der Waals surface area contributed by atoms with Crippen LogP contribution in [0.25, 0.3) is 0 Å². The Bertz CT molecular complexity index is 992. The number of piperidine rings is 1. The van der Waals surface area contributed by atoms with E-state index in [1.807, 2.05) is 59.9 Å². The number of aromatic nitrogens is 2. The van der Waals surface area contributed by atoms with E-state index in [0.717, 1.165) is 54.5 Å². The van der Waals surface area contributed by atoms with E-state index in [1.54, 1.807) is 18.9 Å². The highest BCUT2D eigenvalue weighted by atomic mass is 32.2. The molecule has 0 radical (unpaired) electrons. The minimum atomic E-state index is 0.139. The second-order valence-electron chi connectivity index (χ2n) is 7.53. The zero-order chi connectivity index (χ0) is 20.9. The van der Waals surface area contributed by atoms with Crippen molar-refractivity contribution in [3.8, 4) is 5.75 Å². The van der Waals surface area contributed by atoms with Gasteiger partial charge in [0.2, 0.25) is 0 Å². The molecule has 3 aromatic rings. The van der Waals surface area contributed by atoms with Gasteiger partial charge in [0.15, 0.2) is 0 Å². The highest BCUT2D eigenvalue weighted by molar-refractivity contribution is 7.98. The molecule has 0 unspecified atom stereocenters. The molecule has 1 saturated heterocycles. The Morgan fingerprint density at radius 1 is 1.13 bits per heavy atom. The molecule has 30 heavy (non-hydrogen) atoms. The maximum atomic E-state index is 13.0. The molecule has 1 aromatic heterocycles. The molecule has 2 heterocycles. The van der Waals surface area contributed by atoms with Gasteiger partial charge < -0.3 is 14.2 Å².